The lowest BCUT2D eigenvalue weighted by molar-refractivity contribution is -0.128. The predicted molar refractivity (Wildman–Crippen MR) is 55.3 cm³/mol. The predicted octanol–water partition coefficient (Wildman–Crippen LogP) is 1.28. The Bertz CT molecular complexity index is 159. The Hall–Kier alpha value is -0.570. The van der Waals surface area contributed by atoms with E-state index in [1.54, 1.807) is 0 Å². The standard InChI is InChI=1S/C10H22N2O/c1-8(11)6-5-7-12-9(13)10(2,3)4/h8H,5-7,11H2,1-4H3,(H,12,13). The molecule has 0 saturated carbocycles. The molecule has 0 spiro atoms. The molecule has 0 aliphatic carbocycles. The van der Waals surface area contributed by atoms with Gasteiger partial charge in [0.2, 0.25) is 5.91 Å². The number of hydrogen-bond donors (Lipinski definition) is 2. The Labute approximate surface area is 81.1 Å². The van der Waals surface area contributed by atoms with Gasteiger partial charge in [-0.1, -0.05) is 20.8 Å². The largest absolute Gasteiger partial charge is 0.356 e. The Morgan fingerprint density at radius 2 is 2.00 bits per heavy atom. The highest BCUT2D eigenvalue weighted by atomic mass is 16.2. The molecule has 0 bridgehead atoms. The molecule has 0 rings (SSSR count). The third-order valence-corrected chi connectivity index (χ3v) is 1.80. The second-order valence-electron chi connectivity index (χ2n) is 4.63. The van der Waals surface area contributed by atoms with Crippen molar-refractivity contribution in [1.29, 1.82) is 0 Å². The molecular weight excluding hydrogens is 164 g/mol. The number of amides is 1. The smallest absolute Gasteiger partial charge is 0.225 e. The van der Waals surface area contributed by atoms with Crippen LogP contribution in [-0.4, -0.2) is 18.5 Å². The first-order valence-corrected chi connectivity index (χ1v) is 4.88. The summed E-state index contributed by atoms with van der Waals surface area (Å²) < 4.78 is 0. The van der Waals surface area contributed by atoms with E-state index < -0.39 is 0 Å². The number of nitrogens with one attached hydrogen (secondary N) is 1. The van der Waals surface area contributed by atoms with Gasteiger partial charge in [0, 0.05) is 18.0 Å². The fraction of sp³-hybridized carbons (Fsp3) is 0.900. The lowest BCUT2D eigenvalue weighted by Gasteiger charge is -2.17. The summed E-state index contributed by atoms with van der Waals surface area (Å²) in [6.07, 6.45) is 1.92. The molecule has 3 nitrogen and oxygen atoms in total. The lowest BCUT2D eigenvalue weighted by Crippen LogP contribution is -2.35. The Balaban J connectivity index is 3.49. The molecule has 1 amide bonds. The molecule has 0 aromatic carbocycles. The van der Waals surface area contributed by atoms with E-state index in [1.165, 1.54) is 0 Å². The van der Waals surface area contributed by atoms with E-state index in [9.17, 15) is 4.79 Å². The van der Waals surface area contributed by atoms with Gasteiger partial charge in [0.1, 0.15) is 0 Å². The number of carbonyl (C=O) groups excluding carboxylic acids is 1. The number of hydrogen-bond acceptors (Lipinski definition) is 2. The van der Waals surface area contributed by atoms with Crippen LogP contribution in [0.15, 0.2) is 0 Å². The highest BCUT2D eigenvalue weighted by Gasteiger charge is 2.19. The van der Waals surface area contributed by atoms with Crippen LogP contribution in [0.4, 0.5) is 0 Å². The normalized spacial score (nSPS) is 13.9. The van der Waals surface area contributed by atoms with E-state index >= 15 is 0 Å². The van der Waals surface area contributed by atoms with Gasteiger partial charge in [-0.05, 0) is 19.8 Å². The molecule has 0 aliphatic rings. The van der Waals surface area contributed by atoms with Crippen LogP contribution in [-0.2, 0) is 4.79 Å². The monoisotopic (exact) mass is 186 g/mol. The van der Waals surface area contributed by atoms with Gasteiger partial charge in [-0.2, -0.15) is 0 Å². The molecule has 0 fully saturated rings. The maximum atomic E-state index is 11.4. The Morgan fingerprint density at radius 3 is 2.38 bits per heavy atom. The average molecular weight is 186 g/mol. The van der Waals surface area contributed by atoms with Crippen molar-refractivity contribution in [2.45, 2.75) is 46.6 Å². The molecule has 3 N–H and O–H groups in total. The van der Waals surface area contributed by atoms with Crippen molar-refractivity contribution in [1.82, 2.24) is 5.32 Å². The molecule has 3 heteroatoms. The summed E-state index contributed by atoms with van der Waals surface area (Å²) in [5.41, 5.74) is 5.30. The molecule has 0 heterocycles. The third-order valence-electron chi connectivity index (χ3n) is 1.80. The van der Waals surface area contributed by atoms with Crippen LogP contribution in [0.1, 0.15) is 40.5 Å². The zero-order chi connectivity index (χ0) is 10.5. The maximum Gasteiger partial charge on any atom is 0.225 e. The molecule has 0 aromatic rings. The van der Waals surface area contributed by atoms with Gasteiger partial charge in [-0.15, -0.1) is 0 Å². The highest BCUT2D eigenvalue weighted by molar-refractivity contribution is 5.81. The van der Waals surface area contributed by atoms with E-state index in [1.807, 2.05) is 27.7 Å². The van der Waals surface area contributed by atoms with Crippen LogP contribution in [0.5, 0.6) is 0 Å². The number of rotatable bonds is 4. The van der Waals surface area contributed by atoms with Crippen LogP contribution in [0.3, 0.4) is 0 Å². The molecule has 1 unspecified atom stereocenters. The van der Waals surface area contributed by atoms with Crippen LogP contribution in [0.25, 0.3) is 0 Å². The Kier molecular flexibility index (Phi) is 4.99. The first-order chi connectivity index (χ1) is 5.84. The summed E-state index contributed by atoms with van der Waals surface area (Å²) in [5, 5.41) is 2.88. The van der Waals surface area contributed by atoms with E-state index in [-0.39, 0.29) is 17.4 Å². The number of carbonyl (C=O) groups is 1. The van der Waals surface area contributed by atoms with Crippen molar-refractivity contribution >= 4 is 5.91 Å². The second-order valence-corrected chi connectivity index (χ2v) is 4.63. The van der Waals surface area contributed by atoms with Gasteiger partial charge in [0.05, 0.1) is 0 Å². The fourth-order valence-electron chi connectivity index (χ4n) is 0.891. The molecule has 13 heavy (non-hydrogen) atoms. The third kappa shape index (κ3) is 6.58. The van der Waals surface area contributed by atoms with E-state index in [4.69, 9.17) is 5.73 Å². The summed E-state index contributed by atoms with van der Waals surface area (Å²) in [5.74, 6) is 0.108. The van der Waals surface area contributed by atoms with Crippen LogP contribution < -0.4 is 11.1 Å². The molecular formula is C10H22N2O. The van der Waals surface area contributed by atoms with Crippen molar-refractivity contribution in [3.8, 4) is 0 Å². The summed E-state index contributed by atoms with van der Waals surface area (Å²) in [4.78, 5) is 11.4. The first kappa shape index (κ1) is 12.4. The summed E-state index contributed by atoms with van der Waals surface area (Å²) >= 11 is 0. The quantitative estimate of drug-likeness (QED) is 0.650. The second kappa shape index (κ2) is 5.22. The minimum Gasteiger partial charge on any atom is -0.356 e. The molecule has 1 atom stereocenters. The average Bonchev–Trinajstić information content (AvgIpc) is 1.95. The van der Waals surface area contributed by atoms with Gasteiger partial charge in [-0.3, -0.25) is 4.79 Å². The summed E-state index contributed by atoms with van der Waals surface area (Å²) in [7, 11) is 0. The van der Waals surface area contributed by atoms with E-state index in [0.717, 1.165) is 19.4 Å². The highest BCUT2D eigenvalue weighted by Crippen LogP contribution is 2.12. The van der Waals surface area contributed by atoms with Crippen molar-refractivity contribution in [2.24, 2.45) is 11.1 Å². The fourth-order valence-corrected chi connectivity index (χ4v) is 0.891. The molecule has 0 saturated heterocycles. The van der Waals surface area contributed by atoms with E-state index in [2.05, 4.69) is 5.32 Å². The van der Waals surface area contributed by atoms with E-state index in [0.29, 0.717) is 0 Å². The Morgan fingerprint density at radius 1 is 1.46 bits per heavy atom. The van der Waals surface area contributed by atoms with Crippen LogP contribution in [0.2, 0.25) is 0 Å². The van der Waals surface area contributed by atoms with Gasteiger partial charge >= 0.3 is 0 Å². The summed E-state index contributed by atoms with van der Waals surface area (Å²) in [6.45, 7) is 8.44. The molecule has 0 aliphatic heterocycles. The van der Waals surface area contributed by atoms with Crippen molar-refractivity contribution in [3.05, 3.63) is 0 Å². The van der Waals surface area contributed by atoms with Gasteiger partial charge in [-0.25, -0.2) is 0 Å². The van der Waals surface area contributed by atoms with Crippen molar-refractivity contribution in [3.63, 3.8) is 0 Å². The first-order valence-electron chi connectivity index (χ1n) is 4.88. The molecule has 0 aromatic heterocycles. The number of nitrogens with two attached hydrogens (primary N) is 1. The maximum absolute atomic E-state index is 11.4. The molecule has 78 valence electrons. The van der Waals surface area contributed by atoms with Gasteiger partial charge < -0.3 is 11.1 Å². The zero-order valence-electron chi connectivity index (χ0n) is 9.18. The minimum atomic E-state index is -0.283. The topological polar surface area (TPSA) is 55.1 Å². The zero-order valence-corrected chi connectivity index (χ0v) is 9.18. The minimum absolute atomic E-state index is 0.108. The van der Waals surface area contributed by atoms with Crippen molar-refractivity contribution in [2.75, 3.05) is 6.54 Å². The SMILES string of the molecule is CC(N)CCCNC(=O)C(C)(C)C. The molecule has 0 radical (unpaired) electrons. The summed E-state index contributed by atoms with van der Waals surface area (Å²) in [6, 6.07) is 0.228. The van der Waals surface area contributed by atoms with Gasteiger partial charge in [0.15, 0.2) is 0 Å². The van der Waals surface area contributed by atoms with Gasteiger partial charge in [0.25, 0.3) is 0 Å². The lowest BCUT2D eigenvalue weighted by atomic mass is 9.96. The van der Waals surface area contributed by atoms with Crippen LogP contribution in [0, 0.1) is 5.41 Å². The van der Waals surface area contributed by atoms with Crippen molar-refractivity contribution < 1.29 is 4.79 Å². The van der Waals surface area contributed by atoms with Crippen LogP contribution >= 0.6 is 0 Å².